The summed E-state index contributed by atoms with van der Waals surface area (Å²) < 4.78 is 5.63. The fourth-order valence-corrected chi connectivity index (χ4v) is 5.74. The van der Waals surface area contributed by atoms with Crippen LogP contribution >= 0.6 is 0 Å². The second kappa shape index (κ2) is 14.0. The van der Waals surface area contributed by atoms with Crippen molar-refractivity contribution in [3.8, 4) is 0 Å². The monoisotopic (exact) mass is 592 g/mol. The van der Waals surface area contributed by atoms with Gasteiger partial charge in [0.1, 0.15) is 5.60 Å². The largest absolute Gasteiger partial charge is 0.444 e. The average molecular weight is 593 g/mol. The number of hydrogen-bond acceptors (Lipinski definition) is 4. The molecular weight excluding hydrogens is 548 g/mol. The molecule has 5 rings (SSSR count). The lowest BCUT2D eigenvalue weighted by Crippen LogP contribution is -2.48. The van der Waals surface area contributed by atoms with Crippen LogP contribution in [0.3, 0.4) is 0 Å². The van der Waals surface area contributed by atoms with E-state index in [2.05, 4.69) is 71.3 Å². The van der Waals surface area contributed by atoms with Gasteiger partial charge in [0.15, 0.2) is 0 Å². The van der Waals surface area contributed by atoms with Crippen LogP contribution in [0, 0.1) is 0 Å². The molecular formula is C37H44N4O3. The standard InChI is InChI=1S/C37H44N4O3/c1-27(33-16-10-14-31-13-8-9-15-34(31)33)39-35(42)41(32-21-22-40(26-32)36(43)44-37(2,3)4)25-30-19-17-29(18-20-30)24-38-23-28-11-6-5-7-12-28/h5-20,27,32,38H,21-26H2,1-4H3,(H,39,42). The van der Waals surface area contributed by atoms with Gasteiger partial charge in [0.2, 0.25) is 0 Å². The van der Waals surface area contributed by atoms with E-state index in [0.717, 1.165) is 35.0 Å². The highest BCUT2D eigenvalue weighted by molar-refractivity contribution is 5.86. The molecule has 0 spiro atoms. The Morgan fingerprint density at radius 2 is 1.50 bits per heavy atom. The van der Waals surface area contributed by atoms with E-state index in [9.17, 15) is 9.59 Å². The highest BCUT2D eigenvalue weighted by Crippen LogP contribution is 2.26. The minimum atomic E-state index is -0.572. The molecule has 1 aliphatic rings. The Morgan fingerprint density at radius 1 is 0.864 bits per heavy atom. The third kappa shape index (κ3) is 8.17. The van der Waals surface area contributed by atoms with E-state index >= 15 is 0 Å². The van der Waals surface area contributed by atoms with E-state index in [4.69, 9.17) is 4.74 Å². The number of hydrogen-bond donors (Lipinski definition) is 2. The molecule has 7 heteroatoms. The summed E-state index contributed by atoms with van der Waals surface area (Å²) in [6.07, 6.45) is 0.355. The van der Waals surface area contributed by atoms with E-state index in [1.807, 2.05) is 69.0 Å². The molecule has 2 atom stereocenters. The van der Waals surface area contributed by atoms with Crippen LogP contribution in [0.25, 0.3) is 10.8 Å². The van der Waals surface area contributed by atoms with Crippen molar-refractivity contribution in [3.63, 3.8) is 0 Å². The van der Waals surface area contributed by atoms with Gasteiger partial charge in [-0.3, -0.25) is 0 Å². The molecule has 1 saturated heterocycles. The van der Waals surface area contributed by atoms with Gasteiger partial charge in [-0.25, -0.2) is 9.59 Å². The number of nitrogens with zero attached hydrogens (tertiary/aromatic N) is 2. The molecule has 4 aromatic rings. The topological polar surface area (TPSA) is 73.9 Å². The summed E-state index contributed by atoms with van der Waals surface area (Å²) in [7, 11) is 0. The Hall–Kier alpha value is -4.36. The van der Waals surface area contributed by atoms with Crippen molar-refractivity contribution >= 4 is 22.9 Å². The number of fused-ring (bicyclic) bond motifs is 1. The number of rotatable bonds is 9. The first kappa shape index (κ1) is 31.1. The van der Waals surface area contributed by atoms with Crippen molar-refractivity contribution in [1.82, 2.24) is 20.4 Å². The molecule has 1 heterocycles. The van der Waals surface area contributed by atoms with E-state index in [0.29, 0.717) is 26.1 Å². The Bertz CT molecular complexity index is 1540. The van der Waals surface area contributed by atoms with Gasteiger partial charge in [0.05, 0.1) is 12.1 Å². The maximum atomic E-state index is 14.0. The van der Waals surface area contributed by atoms with Gasteiger partial charge in [0.25, 0.3) is 0 Å². The normalized spacial score (nSPS) is 15.6. The molecule has 44 heavy (non-hydrogen) atoms. The molecule has 0 radical (unpaired) electrons. The summed E-state index contributed by atoms with van der Waals surface area (Å²) in [6.45, 7) is 10.6. The van der Waals surface area contributed by atoms with Gasteiger partial charge in [-0.15, -0.1) is 0 Å². The number of benzene rings is 4. The lowest BCUT2D eigenvalue weighted by Gasteiger charge is -2.31. The molecule has 1 aliphatic heterocycles. The van der Waals surface area contributed by atoms with Crippen LogP contribution in [-0.2, 0) is 24.4 Å². The highest BCUT2D eigenvalue weighted by Gasteiger charge is 2.35. The first-order valence-corrected chi connectivity index (χ1v) is 15.5. The molecule has 4 aromatic carbocycles. The summed E-state index contributed by atoms with van der Waals surface area (Å²) >= 11 is 0. The minimum Gasteiger partial charge on any atom is -0.444 e. The summed E-state index contributed by atoms with van der Waals surface area (Å²) in [5.41, 5.74) is 3.98. The molecule has 3 amide bonds. The van der Waals surface area contributed by atoms with Gasteiger partial charge in [-0.05, 0) is 67.1 Å². The third-order valence-corrected chi connectivity index (χ3v) is 8.02. The van der Waals surface area contributed by atoms with Crippen LogP contribution in [0.15, 0.2) is 97.1 Å². The summed E-state index contributed by atoms with van der Waals surface area (Å²) in [6, 6.07) is 32.7. The smallest absolute Gasteiger partial charge is 0.410 e. The second-order valence-electron chi connectivity index (χ2n) is 12.6. The maximum Gasteiger partial charge on any atom is 0.410 e. The van der Waals surface area contributed by atoms with Crippen LogP contribution in [0.5, 0.6) is 0 Å². The molecule has 0 saturated carbocycles. The Kier molecular flexibility index (Phi) is 9.85. The summed E-state index contributed by atoms with van der Waals surface area (Å²) in [4.78, 5) is 30.4. The van der Waals surface area contributed by atoms with Crippen LogP contribution in [0.2, 0.25) is 0 Å². The summed E-state index contributed by atoms with van der Waals surface area (Å²) in [5, 5.41) is 9.03. The van der Waals surface area contributed by atoms with Crippen molar-refractivity contribution in [2.45, 2.75) is 71.4 Å². The molecule has 1 fully saturated rings. The first-order valence-electron chi connectivity index (χ1n) is 15.5. The molecule has 7 nitrogen and oxygen atoms in total. The zero-order valence-electron chi connectivity index (χ0n) is 26.3. The molecule has 230 valence electrons. The van der Waals surface area contributed by atoms with E-state index < -0.39 is 5.60 Å². The predicted octanol–water partition coefficient (Wildman–Crippen LogP) is 7.41. The van der Waals surface area contributed by atoms with Crippen molar-refractivity contribution in [3.05, 3.63) is 119 Å². The highest BCUT2D eigenvalue weighted by atomic mass is 16.6. The molecule has 0 aliphatic carbocycles. The van der Waals surface area contributed by atoms with Crippen molar-refractivity contribution in [2.75, 3.05) is 13.1 Å². The SMILES string of the molecule is CC(NC(=O)N(Cc1ccc(CNCc2ccccc2)cc1)C1CCN(C(=O)OC(C)(C)C)C1)c1cccc2ccccc12. The number of nitrogens with one attached hydrogen (secondary N) is 2. The Labute approximate surface area is 261 Å². The van der Waals surface area contributed by atoms with Gasteiger partial charge < -0.3 is 25.2 Å². The summed E-state index contributed by atoms with van der Waals surface area (Å²) in [5.74, 6) is 0. The van der Waals surface area contributed by atoms with Gasteiger partial charge in [-0.2, -0.15) is 0 Å². The van der Waals surface area contributed by atoms with Crippen molar-refractivity contribution in [2.24, 2.45) is 0 Å². The fraction of sp³-hybridized carbons (Fsp3) is 0.351. The number of amides is 3. The molecule has 0 aromatic heterocycles. The second-order valence-corrected chi connectivity index (χ2v) is 12.6. The first-order chi connectivity index (χ1) is 21.2. The van der Waals surface area contributed by atoms with Gasteiger partial charge >= 0.3 is 12.1 Å². The van der Waals surface area contributed by atoms with Crippen LogP contribution in [-0.4, -0.2) is 46.7 Å². The van der Waals surface area contributed by atoms with E-state index in [1.165, 1.54) is 11.1 Å². The quantitative estimate of drug-likeness (QED) is 0.212. The zero-order chi connectivity index (χ0) is 31.1. The number of likely N-dealkylation sites (tertiary alicyclic amines) is 1. The van der Waals surface area contributed by atoms with Crippen LogP contribution in [0.1, 0.15) is 62.4 Å². The minimum absolute atomic E-state index is 0.130. The van der Waals surface area contributed by atoms with Gasteiger partial charge in [-0.1, -0.05) is 97.1 Å². The van der Waals surface area contributed by atoms with E-state index in [1.54, 1.807) is 4.90 Å². The van der Waals surface area contributed by atoms with Gasteiger partial charge in [0, 0.05) is 32.7 Å². The predicted molar refractivity (Wildman–Crippen MR) is 176 cm³/mol. The molecule has 2 N–H and O–H groups in total. The fourth-order valence-electron chi connectivity index (χ4n) is 5.74. The van der Waals surface area contributed by atoms with Crippen LogP contribution < -0.4 is 10.6 Å². The lowest BCUT2D eigenvalue weighted by molar-refractivity contribution is 0.0282. The Morgan fingerprint density at radius 3 is 2.23 bits per heavy atom. The number of ether oxygens (including phenoxy) is 1. The zero-order valence-corrected chi connectivity index (χ0v) is 26.3. The Balaban J connectivity index is 1.29. The third-order valence-electron chi connectivity index (χ3n) is 8.02. The van der Waals surface area contributed by atoms with Crippen LogP contribution in [0.4, 0.5) is 9.59 Å². The lowest BCUT2D eigenvalue weighted by atomic mass is 10.00. The molecule has 2 unspecified atom stereocenters. The van der Waals surface area contributed by atoms with Crippen molar-refractivity contribution in [1.29, 1.82) is 0 Å². The average Bonchev–Trinajstić information content (AvgIpc) is 3.50. The number of urea groups is 1. The number of carbonyl (C=O) groups is 2. The molecule has 0 bridgehead atoms. The van der Waals surface area contributed by atoms with E-state index in [-0.39, 0.29) is 24.2 Å². The number of carbonyl (C=O) groups excluding carboxylic acids is 2. The maximum absolute atomic E-state index is 14.0. The van der Waals surface area contributed by atoms with Crippen molar-refractivity contribution < 1.29 is 14.3 Å².